The first kappa shape index (κ1) is 17.2. The van der Waals surface area contributed by atoms with E-state index in [-0.39, 0.29) is 18.2 Å². The Kier molecular flexibility index (Phi) is 5.53. The fourth-order valence-electron chi connectivity index (χ4n) is 2.40. The lowest BCUT2D eigenvalue weighted by atomic mass is 10.1. The summed E-state index contributed by atoms with van der Waals surface area (Å²) in [5.41, 5.74) is 1.86. The summed E-state index contributed by atoms with van der Waals surface area (Å²) in [5.74, 6) is -0.930. The van der Waals surface area contributed by atoms with Crippen molar-refractivity contribution in [1.82, 2.24) is 0 Å². The molecule has 0 saturated carbocycles. The van der Waals surface area contributed by atoms with E-state index in [0.29, 0.717) is 24.3 Å². The van der Waals surface area contributed by atoms with Crippen molar-refractivity contribution in [2.75, 3.05) is 13.2 Å². The molecule has 0 aliphatic heterocycles. The molecule has 23 heavy (non-hydrogen) atoms. The summed E-state index contributed by atoms with van der Waals surface area (Å²) < 4.78 is 50.8. The molecule has 0 heterocycles. The highest BCUT2D eigenvalue weighted by Gasteiger charge is 2.10. The van der Waals surface area contributed by atoms with Crippen LogP contribution in [0.4, 0.5) is 13.2 Å². The Labute approximate surface area is 133 Å². The molecule has 0 radical (unpaired) electrons. The number of halogens is 3. The van der Waals surface area contributed by atoms with E-state index in [9.17, 15) is 13.2 Å². The van der Waals surface area contributed by atoms with Crippen molar-refractivity contribution < 1.29 is 22.6 Å². The third-order valence-corrected chi connectivity index (χ3v) is 3.40. The number of ether oxygens (including phenoxy) is 2. The molecule has 0 saturated heterocycles. The topological polar surface area (TPSA) is 18.5 Å². The van der Waals surface area contributed by atoms with Gasteiger partial charge in [-0.2, -0.15) is 0 Å². The highest BCUT2D eigenvalue weighted by molar-refractivity contribution is 5.40. The number of hydrogen-bond acceptors (Lipinski definition) is 2. The smallest absolute Gasteiger partial charge is 0.168 e. The van der Waals surface area contributed by atoms with Crippen LogP contribution < -0.4 is 9.47 Å². The number of aryl methyl sites for hydroxylation is 3. The molecule has 2 aromatic rings. The summed E-state index contributed by atoms with van der Waals surface area (Å²) in [6, 6.07) is 4.84. The minimum absolute atomic E-state index is 0.0561. The predicted molar refractivity (Wildman–Crippen MR) is 82.6 cm³/mol. The van der Waals surface area contributed by atoms with Gasteiger partial charge in [-0.25, -0.2) is 13.2 Å². The van der Waals surface area contributed by atoms with Crippen molar-refractivity contribution in [3.05, 3.63) is 58.4 Å². The molecule has 0 amide bonds. The molecular formula is C18H19F3O2. The SMILES string of the molecule is Cc1cc(F)cc(C)c1OCCCOc1c(C)cc(F)cc1F. The Morgan fingerprint density at radius 2 is 1.13 bits per heavy atom. The average Bonchev–Trinajstić information content (AvgIpc) is 2.42. The lowest BCUT2D eigenvalue weighted by Crippen LogP contribution is -2.08. The highest BCUT2D eigenvalue weighted by Crippen LogP contribution is 2.25. The molecule has 0 bridgehead atoms. The summed E-state index contributed by atoms with van der Waals surface area (Å²) in [6.07, 6.45) is 0.520. The second-order valence-electron chi connectivity index (χ2n) is 5.45. The standard InChI is InChI=1S/C18H19F3O2/c1-11-7-14(19)8-12(2)17(11)22-5-4-6-23-18-13(3)9-15(20)10-16(18)21/h7-10H,4-6H2,1-3H3. The van der Waals surface area contributed by atoms with Crippen LogP contribution in [0.25, 0.3) is 0 Å². The lowest BCUT2D eigenvalue weighted by molar-refractivity contribution is 0.238. The first-order valence-corrected chi connectivity index (χ1v) is 7.36. The van der Waals surface area contributed by atoms with Crippen LogP contribution in [0.5, 0.6) is 11.5 Å². The third-order valence-electron chi connectivity index (χ3n) is 3.40. The summed E-state index contributed by atoms with van der Waals surface area (Å²) in [6.45, 7) is 5.74. The molecular weight excluding hydrogens is 305 g/mol. The first-order valence-electron chi connectivity index (χ1n) is 7.36. The second-order valence-corrected chi connectivity index (χ2v) is 5.45. The van der Waals surface area contributed by atoms with Gasteiger partial charge in [0.2, 0.25) is 0 Å². The van der Waals surface area contributed by atoms with E-state index in [1.54, 1.807) is 20.8 Å². The zero-order chi connectivity index (χ0) is 17.0. The molecule has 0 N–H and O–H groups in total. The van der Waals surface area contributed by atoms with Gasteiger partial charge >= 0.3 is 0 Å². The molecule has 124 valence electrons. The molecule has 0 aromatic heterocycles. The van der Waals surface area contributed by atoms with E-state index in [0.717, 1.165) is 17.2 Å². The molecule has 2 rings (SSSR count). The van der Waals surface area contributed by atoms with Crippen LogP contribution in [0.1, 0.15) is 23.1 Å². The number of benzene rings is 2. The summed E-state index contributed by atoms with van der Waals surface area (Å²) in [4.78, 5) is 0. The zero-order valence-electron chi connectivity index (χ0n) is 13.4. The van der Waals surface area contributed by atoms with Gasteiger partial charge < -0.3 is 9.47 Å². The normalized spacial score (nSPS) is 10.7. The summed E-state index contributed by atoms with van der Waals surface area (Å²) in [5, 5.41) is 0. The molecule has 2 aromatic carbocycles. The first-order chi connectivity index (χ1) is 10.9. The Morgan fingerprint density at radius 3 is 1.65 bits per heavy atom. The van der Waals surface area contributed by atoms with Crippen LogP contribution in [-0.2, 0) is 0 Å². The van der Waals surface area contributed by atoms with Crippen molar-refractivity contribution in [3.63, 3.8) is 0 Å². The summed E-state index contributed by atoms with van der Waals surface area (Å²) in [7, 11) is 0. The highest BCUT2D eigenvalue weighted by atomic mass is 19.1. The van der Waals surface area contributed by atoms with Crippen LogP contribution in [0.2, 0.25) is 0 Å². The fraction of sp³-hybridized carbons (Fsp3) is 0.333. The number of hydrogen-bond donors (Lipinski definition) is 0. The Hall–Kier alpha value is -2.17. The van der Waals surface area contributed by atoms with Gasteiger partial charge in [-0.1, -0.05) is 0 Å². The lowest BCUT2D eigenvalue weighted by Gasteiger charge is -2.13. The predicted octanol–water partition coefficient (Wildman–Crippen LogP) is 4.88. The van der Waals surface area contributed by atoms with Crippen molar-refractivity contribution in [2.45, 2.75) is 27.2 Å². The largest absolute Gasteiger partial charge is 0.493 e. The maximum Gasteiger partial charge on any atom is 0.168 e. The summed E-state index contributed by atoms with van der Waals surface area (Å²) >= 11 is 0. The molecule has 2 nitrogen and oxygen atoms in total. The van der Waals surface area contributed by atoms with E-state index in [1.807, 2.05) is 0 Å². The van der Waals surface area contributed by atoms with E-state index in [2.05, 4.69) is 0 Å². The number of rotatable bonds is 6. The Balaban J connectivity index is 1.85. The molecule has 0 unspecified atom stereocenters. The van der Waals surface area contributed by atoms with E-state index in [1.165, 1.54) is 18.2 Å². The van der Waals surface area contributed by atoms with Crippen LogP contribution in [0.15, 0.2) is 24.3 Å². The van der Waals surface area contributed by atoms with Gasteiger partial charge in [-0.05, 0) is 55.7 Å². The van der Waals surface area contributed by atoms with Crippen LogP contribution in [-0.4, -0.2) is 13.2 Å². The second kappa shape index (κ2) is 7.40. The van der Waals surface area contributed by atoms with E-state index >= 15 is 0 Å². The van der Waals surface area contributed by atoms with Crippen LogP contribution >= 0.6 is 0 Å². The quantitative estimate of drug-likeness (QED) is 0.705. The van der Waals surface area contributed by atoms with Gasteiger partial charge in [0.25, 0.3) is 0 Å². The van der Waals surface area contributed by atoms with Crippen LogP contribution in [0, 0.1) is 38.2 Å². The van der Waals surface area contributed by atoms with Crippen molar-refractivity contribution in [1.29, 1.82) is 0 Å². The third kappa shape index (κ3) is 4.41. The molecule has 5 heteroatoms. The molecule has 0 atom stereocenters. The van der Waals surface area contributed by atoms with Gasteiger partial charge in [0.05, 0.1) is 13.2 Å². The van der Waals surface area contributed by atoms with Crippen LogP contribution in [0.3, 0.4) is 0 Å². The van der Waals surface area contributed by atoms with Crippen molar-refractivity contribution >= 4 is 0 Å². The van der Waals surface area contributed by atoms with Crippen molar-refractivity contribution in [2.24, 2.45) is 0 Å². The maximum absolute atomic E-state index is 13.6. The van der Waals surface area contributed by atoms with Gasteiger partial charge in [0, 0.05) is 12.5 Å². The van der Waals surface area contributed by atoms with E-state index < -0.39 is 11.6 Å². The monoisotopic (exact) mass is 324 g/mol. The molecule has 0 aliphatic rings. The maximum atomic E-state index is 13.6. The minimum atomic E-state index is -0.714. The fourth-order valence-corrected chi connectivity index (χ4v) is 2.40. The Bertz CT molecular complexity index is 593. The van der Waals surface area contributed by atoms with Gasteiger partial charge in [-0.3, -0.25) is 0 Å². The van der Waals surface area contributed by atoms with Crippen molar-refractivity contribution in [3.8, 4) is 11.5 Å². The van der Waals surface area contributed by atoms with Gasteiger partial charge in [0.1, 0.15) is 17.4 Å². The minimum Gasteiger partial charge on any atom is -0.493 e. The molecule has 0 spiro atoms. The Morgan fingerprint density at radius 1 is 0.696 bits per heavy atom. The average molecular weight is 324 g/mol. The molecule has 0 aliphatic carbocycles. The van der Waals surface area contributed by atoms with Gasteiger partial charge in [0.15, 0.2) is 11.6 Å². The van der Waals surface area contributed by atoms with Gasteiger partial charge in [-0.15, -0.1) is 0 Å². The van der Waals surface area contributed by atoms with E-state index in [4.69, 9.17) is 9.47 Å². The molecule has 0 fully saturated rings. The zero-order valence-corrected chi connectivity index (χ0v) is 13.4.